The molecule has 5 heteroatoms. The van der Waals surface area contributed by atoms with Crippen LogP contribution in [0.15, 0.2) is 40.9 Å². The van der Waals surface area contributed by atoms with Gasteiger partial charge in [-0.3, -0.25) is 10.1 Å². The van der Waals surface area contributed by atoms with Crippen LogP contribution in [0.4, 0.5) is 11.4 Å². The highest BCUT2D eigenvalue weighted by molar-refractivity contribution is 9.10. The number of nitro groups is 1. The summed E-state index contributed by atoms with van der Waals surface area (Å²) in [7, 11) is 0. The second-order valence-corrected chi connectivity index (χ2v) is 5.61. The van der Waals surface area contributed by atoms with Gasteiger partial charge in [0.25, 0.3) is 5.69 Å². The Morgan fingerprint density at radius 2 is 1.85 bits per heavy atom. The molecule has 0 saturated heterocycles. The molecule has 2 rings (SSSR count). The largest absolute Gasteiger partial charge is 0.381 e. The quantitative estimate of drug-likeness (QED) is 0.657. The Balaban J connectivity index is 2.17. The molecule has 0 aromatic heterocycles. The van der Waals surface area contributed by atoms with Gasteiger partial charge in [0.1, 0.15) is 0 Å². The van der Waals surface area contributed by atoms with E-state index >= 15 is 0 Å². The molecule has 0 saturated carbocycles. The van der Waals surface area contributed by atoms with Gasteiger partial charge in [0.05, 0.1) is 4.92 Å². The van der Waals surface area contributed by atoms with E-state index in [2.05, 4.69) is 21.2 Å². The SMILES string of the molecule is Cc1cc(Br)cc(C)c1NCc1cccc([N+](=O)[O-])c1. The van der Waals surface area contributed by atoms with Crippen molar-refractivity contribution in [3.63, 3.8) is 0 Å². The third-order valence-electron chi connectivity index (χ3n) is 3.09. The molecule has 1 N–H and O–H groups in total. The van der Waals surface area contributed by atoms with Gasteiger partial charge < -0.3 is 5.32 Å². The van der Waals surface area contributed by atoms with Crippen LogP contribution in [0.3, 0.4) is 0 Å². The second kappa shape index (κ2) is 6.05. The smallest absolute Gasteiger partial charge is 0.269 e. The molecule has 2 aromatic carbocycles. The monoisotopic (exact) mass is 334 g/mol. The zero-order valence-corrected chi connectivity index (χ0v) is 12.9. The van der Waals surface area contributed by atoms with E-state index in [1.54, 1.807) is 12.1 Å². The van der Waals surface area contributed by atoms with Gasteiger partial charge in [0.15, 0.2) is 0 Å². The van der Waals surface area contributed by atoms with Crippen molar-refractivity contribution in [3.8, 4) is 0 Å². The fourth-order valence-electron chi connectivity index (χ4n) is 2.16. The van der Waals surface area contributed by atoms with E-state index in [0.29, 0.717) is 6.54 Å². The lowest BCUT2D eigenvalue weighted by atomic mass is 10.1. The number of non-ortho nitro benzene ring substituents is 1. The molecule has 0 aliphatic heterocycles. The zero-order valence-electron chi connectivity index (χ0n) is 11.3. The van der Waals surface area contributed by atoms with Crippen LogP contribution < -0.4 is 5.32 Å². The minimum Gasteiger partial charge on any atom is -0.381 e. The van der Waals surface area contributed by atoms with Crippen molar-refractivity contribution < 1.29 is 4.92 Å². The maximum Gasteiger partial charge on any atom is 0.269 e. The van der Waals surface area contributed by atoms with E-state index in [9.17, 15) is 10.1 Å². The number of nitrogens with zero attached hydrogens (tertiary/aromatic N) is 1. The average Bonchev–Trinajstić information content (AvgIpc) is 2.37. The minimum absolute atomic E-state index is 0.119. The normalized spacial score (nSPS) is 10.3. The molecule has 0 atom stereocenters. The minimum atomic E-state index is -0.375. The van der Waals surface area contributed by atoms with Crippen LogP contribution in [0.2, 0.25) is 0 Å². The third kappa shape index (κ3) is 3.36. The first-order chi connectivity index (χ1) is 9.47. The number of aryl methyl sites for hydroxylation is 2. The third-order valence-corrected chi connectivity index (χ3v) is 3.55. The van der Waals surface area contributed by atoms with Crippen LogP contribution in [-0.2, 0) is 6.54 Å². The second-order valence-electron chi connectivity index (χ2n) is 4.70. The van der Waals surface area contributed by atoms with Crippen LogP contribution in [0.5, 0.6) is 0 Å². The Hall–Kier alpha value is -1.88. The highest BCUT2D eigenvalue weighted by atomic mass is 79.9. The molecule has 0 unspecified atom stereocenters. The molecule has 0 aliphatic carbocycles. The zero-order chi connectivity index (χ0) is 14.7. The molecule has 0 radical (unpaired) electrons. The summed E-state index contributed by atoms with van der Waals surface area (Å²) in [6.45, 7) is 4.63. The van der Waals surface area contributed by atoms with Crippen molar-refractivity contribution in [3.05, 3.63) is 67.7 Å². The summed E-state index contributed by atoms with van der Waals surface area (Å²) < 4.78 is 1.05. The maximum atomic E-state index is 10.8. The lowest BCUT2D eigenvalue weighted by Crippen LogP contribution is -2.03. The molecule has 0 aliphatic rings. The lowest BCUT2D eigenvalue weighted by molar-refractivity contribution is -0.384. The molecule has 0 fully saturated rings. The molecule has 0 heterocycles. The van der Waals surface area contributed by atoms with Gasteiger partial charge in [-0.05, 0) is 42.7 Å². The van der Waals surface area contributed by atoms with Gasteiger partial charge in [-0.1, -0.05) is 28.1 Å². The molecule has 4 nitrogen and oxygen atoms in total. The van der Waals surface area contributed by atoms with Gasteiger partial charge in [-0.15, -0.1) is 0 Å². The number of rotatable bonds is 4. The van der Waals surface area contributed by atoms with Gasteiger partial charge in [-0.2, -0.15) is 0 Å². The van der Waals surface area contributed by atoms with Crippen molar-refractivity contribution in [2.24, 2.45) is 0 Å². The molecular formula is C15H15BrN2O2. The van der Waals surface area contributed by atoms with Gasteiger partial charge >= 0.3 is 0 Å². The number of hydrogen-bond donors (Lipinski definition) is 1. The van der Waals surface area contributed by atoms with Crippen LogP contribution in [0.1, 0.15) is 16.7 Å². The molecule has 104 valence electrons. The van der Waals surface area contributed by atoms with Crippen molar-refractivity contribution in [1.29, 1.82) is 0 Å². The Morgan fingerprint density at radius 1 is 1.20 bits per heavy atom. The highest BCUT2D eigenvalue weighted by Crippen LogP contribution is 2.25. The van der Waals surface area contributed by atoms with Crippen LogP contribution in [-0.4, -0.2) is 4.92 Å². The molecule has 0 spiro atoms. The molecule has 0 amide bonds. The fraction of sp³-hybridized carbons (Fsp3) is 0.200. The predicted molar refractivity (Wildman–Crippen MR) is 84.0 cm³/mol. The van der Waals surface area contributed by atoms with E-state index in [4.69, 9.17) is 0 Å². The molecule has 0 bridgehead atoms. The number of nitrogens with one attached hydrogen (secondary N) is 1. The number of halogens is 1. The Labute approximate surface area is 126 Å². The van der Waals surface area contributed by atoms with Gasteiger partial charge in [-0.25, -0.2) is 0 Å². The van der Waals surface area contributed by atoms with Crippen molar-refractivity contribution in [2.45, 2.75) is 20.4 Å². The van der Waals surface area contributed by atoms with E-state index in [-0.39, 0.29) is 10.6 Å². The van der Waals surface area contributed by atoms with Gasteiger partial charge in [0.2, 0.25) is 0 Å². The summed E-state index contributed by atoms with van der Waals surface area (Å²) in [6.07, 6.45) is 0. The van der Waals surface area contributed by atoms with Gasteiger partial charge in [0, 0.05) is 28.8 Å². The fourth-order valence-corrected chi connectivity index (χ4v) is 2.85. The summed E-state index contributed by atoms with van der Waals surface area (Å²) >= 11 is 3.47. The number of hydrogen-bond acceptors (Lipinski definition) is 3. The topological polar surface area (TPSA) is 55.2 Å². The van der Waals surface area contributed by atoms with Crippen molar-refractivity contribution in [2.75, 3.05) is 5.32 Å². The first-order valence-electron chi connectivity index (χ1n) is 6.21. The van der Waals surface area contributed by atoms with E-state index in [0.717, 1.165) is 26.9 Å². The number of nitro benzene ring substituents is 1. The average molecular weight is 335 g/mol. The van der Waals surface area contributed by atoms with E-state index in [1.807, 2.05) is 32.0 Å². The van der Waals surface area contributed by atoms with Crippen LogP contribution in [0.25, 0.3) is 0 Å². The first-order valence-corrected chi connectivity index (χ1v) is 7.00. The Morgan fingerprint density at radius 3 is 2.45 bits per heavy atom. The van der Waals surface area contributed by atoms with Crippen LogP contribution >= 0.6 is 15.9 Å². The summed E-state index contributed by atoms with van der Waals surface area (Å²) in [5.41, 5.74) is 4.36. The van der Waals surface area contributed by atoms with E-state index < -0.39 is 0 Å². The molecular weight excluding hydrogens is 320 g/mol. The highest BCUT2D eigenvalue weighted by Gasteiger charge is 2.07. The summed E-state index contributed by atoms with van der Waals surface area (Å²) in [5, 5.41) is 14.1. The summed E-state index contributed by atoms with van der Waals surface area (Å²) in [5.74, 6) is 0. The number of anilines is 1. The van der Waals surface area contributed by atoms with Crippen molar-refractivity contribution in [1.82, 2.24) is 0 Å². The van der Waals surface area contributed by atoms with Crippen molar-refractivity contribution >= 4 is 27.3 Å². The van der Waals surface area contributed by atoms with Crippen LogP contribution in [0, 0.1) is 24.0 Å². The Bertz CT molecular complexity index is 633. The Kier molecular flexibility index (Phi) is 4.39. The molecule has 2 aromatic rings. The predicted octanol–water partition coefficient (Wildman–Crippen LogP) is 4.59. The molecule has 20 heavy (non-hydrogen) atoms. The summed E-state index contributed by atoms with van der Waals surface area (Å²) in [4.78, 5) is 10.4. The summed E-state index contributed by atoms with van der Waals surface area (Å²) in [6, 6.07) is 10.8. The number of benzene rings is 2. The lowest BCUT2D eigenvalue weighted by Gasteiger charge is -2.13. The maximum absolute atomic E-state index is 10.8. The first kappa shape index (κ1) is 14.5. The van der Waals surface area contributed by atoms with E-state index in [1.165, 1.54) is 6.07 Å². The standard InChI is InChI=1S/C15H15BrN2O2/c1-10-6-13(16)7-11(2)15(10)17-9-12-4-3-5-14(8-12)18(19)20/h3-8,17H,9H2,1-2H3.